The van der Waals surface area contributed by atoms with E-state index >= 15 is 0 Å². The fraction of sp³-hybridized carbons (Fsp3) is 0.643. The number of unbranched alkanes of at least 4 members (excludes halogenated alkanes) is 3. The predicted octanol–water partition coefficient (Wildman–Crippen LogP) is 3.59. The summed E-state index contributed by atoms with van der Waals surface area (Å²) >= 11 is 0. The average Bonchev–Trinajstić information content (AvgIpc) is 2.27. The molecule has 0 aliphatic heterocycles. The molecule has 0 saturated heterocycles. The van der Waals surface area contributed by atoms with E-state index in [1.54, 1.807) is 6.08 Å². The highest BCUT2D eigenvalue weighted by Gasteiger charge is 1.99. The lowest BCUT2D eigenvalue weighted by atomic mass is 10.2. The summed E-state index contributed by atoms with van der Waals surface area (Å²) in [5.41, 5.74) is 0. The standard InChI is InChI=1S/C14H25NO/c1-4-6-7-8-9-10-11-12-14(16)15-13(3)5-2/h9-13H,4-8H2,1-3H3,(H,15,16). The van der Waals surface area contributed by atoms with Crippen LogP contribution in [0.25, 0.3) is 0 Å². The van der Waals surface area contributed by atoms with E-state index in [0.29, 0.717) is 0 Å². The van der Waals surface area contributed by atoms with Gasteiger partial charge in [0.2, 0.25) is 5.91 Å². The van der Waals surface area contributed by atoms with Crippen molar-refractivity contribution in [2.75, 3.05) is 0 Å². The summed E-state index contributed by atoms with van der Waals surface area (Å²) in [5, 5.41) is 2.88. The lowest BCUT2D eigenvalue weighted by Gasteiger charge is -2.07. The van der Waals surface area contributed by atoms with Crippen LogP contribution in [0.3, 0.4) is 0 Å². The molecule has 0 rings (SSSR count). The van der Waals surface area contributed by atoms with E-state index in [1.165, 1.54) is 19.3 Å². The maximum atomic E-state index is 11.3. The summed E-state index contributed by atoms with van der Waals surface area (Å²) < 4.78 is 0. The van der Waals surface area contributed by atoms with Crippen molar-refractivity contribution >= 4 is 5.91 Å². The van der Waals surface area contributed by atoms with Gasteiger partial charge in [0.15, 0.2) is 0 Å². The van der Waals surface area contributed by atoms with Crippen LogP contribution in [0.5, 0.6) is 0 Å². The Bertz CT molecular complexity index is 231. The minimum atomic E-state index is -0.00689. The van der Waals surface area contributed by atoms with Gasteiger partial charge in [0, 0.05) is 12.1 Å². The lowest BCUT2D eigenvalue weighted by molar-refractivity contribution is -0.117. The largest absolute Gasteiger partial charge is 0.350 e. The molecule has 1 atom stereocenters. The first kappa shape index (κ1) is 14.9. The molecule has 0 spiro atoms. The Balaban J connectivity index is 3.62. The number of rotatable bonds is 8. The van der Waals surface area contributed by atoms with Crippen LogP contribution in [0.2, 0.25) is 0 Å². The van der Waals surface area contributed by atoms with Gasteiger partial charge in [-0.15, -0.1) is 0 Å². The molecule has 0 aliphatic rings. The zero-order valence-corrected chi connectivity index (χ0v) is 10.8. The van der Waals surface area contributed by atoms with Crippen molar-refractivity contribution in [2.45, 2.75) is 58.9 Å². The summed E-state index contributed by atoms with van der Waals surface area (Å²) in [7, 11) is 0. The zero-order chi connectivity index (χ0) is 12.2. The molecule has 0 aromatic carbocycles. The van der Waals surface area contributed by atoms with Crippen LogP contribution in [-0.4, -0.2) is 11.9 Å². The van der Waals surface area contributed by atoms with Gasteiger partial charge in [-0.25, -0.2) is 0 Å². The second-order valence-electron chi connectivity index (χ2n) is 4.10. The van der Waals surface area contributed by atoms with Crippen molar-refractivity contribution in [3.8, 4) is 0 Å². The number of carbonyl (C=O) groups excluding carboxylic acids is 1. The molecule has 0 radical (unpaired) electrons. The maximum Gasteiger partial charge on any atom is 0.244 e. The summed E-state index contributed by atoms with van der Waals surface area (Å²) in [5.74, 6) is -0.00689. The molecule has 0 fully saturated rings. The molecule has 2 heteroatoms. The van der Waals surface area contributed by atoms with Crippen molar-refractivity contribution in [2.24, 2.45) is 0 Å². The molecule has 0 bridgehead atoms. The molecule has 1 N–H and O–H groups in total. The quantitative estimate of drug-likeness (QED) is 0.380. The minimum Gasteiger partial charge on any atom is -0.350 e. The number of carbonyl (C=O) groups is 1. The van der Waals surface area contributed by atoms with Crippen LogP contribution in [0.4, 0.5) is 0 Å². The van der Waals surface area contributed by atoms with Crippen molar-refractivity contribution in [1.82, 2.24) is 5.32 Å². The monoisotopic (exact) mass is 223 g/mol. The molecular weight excluding hydrogens is 198 g/mol. The maximum absolute atomic E-state index is 11.3. The smallest absolute Gasteiger partial charge is 0.244 e. The first-order chi connectivity index (χ1) is 7.70. The lowest BCUT2D eigenvalue weighted by Crippen LogP contribution is -2.30. The Hall–Kier alpha value is -1.05. The van der Waals surface area contributed by atoms with Crippen LogP contribution in [0.1, 0.15) is 52.9 Å². The zero-order valence-electron chi connectivity index (χ0n) is 10.8. The summed E-state index contributed by atoms with van der Waals surface area (Å²) in [6, 6.07) is 0.255. The highest BCUT2D eigenvalue weighted by Crippen LogP contribution is 1.99. The van der Waals surface area contributed by atoms with Crippen molar-refractivity contribution < 1.29 is 4.79 Å². The highest BCUT2D eigenvalue weighted by molar-refractivity contribution is 5.87. The number of allylic oxidation sites excluding steroid dienone is 3. The number of hydrogen-bond acceptors (Lipinski definition) is 1. The van der Waals surface area contributed by atoms with Crippen LogP contribution < -0.4 is 5.32 Å². The molecule has 0 heterocycles. The van der Waals surface area contributed by atoms with Crippen LogP contribution in [-0.2, 0) is 4.79 Å². The van der Waals surface area contributed by atoms with Crippen molar-refractivity contribution in [1.29, 1.82) is 0 Å². The Morgan fingerprint density at radius 1 is 1.25 bits per heavy atom. The van der Waals surface area contributed by atoms with Gasteiger partial charge in [0.1, 0.15) is 0 Å². The summed E-state index contributed by atoms with van der Waals surface area (Å²) in [6.07, 6.45) is 13.3. The Kier molecular flexibility index (Phi) is 9.78. The molecule has 1 unspecified atom stereocenters. The fourth-order valence-electron chi connectivity index (χ4n) is 1.22. The Labute approximate surface area is 99.8 Å². The molecule has 92 valence electrons. The molecular formula is C14H25NO. The van der Waals surface area contributed by atoms with Gasteiger partial charge in [0.05, 0.1) is 0 Å². The summed E-state index contributed by atoms with van der Waals surface area (Å²) in [4.78, 5) is 11.3. The number of hydrogen-bond donors (Lipinski definition) is 1. The third-order valence-corrected chi connectivity index (χ3v) is 2.47. The van der Waals surface area contributed by atoms with Gasteiger partial charge in [-0.2, -0.15) is 0 Å². The van der Waals surface area contributed by atoms with Gasteiger partial charge >= 0.3 is 0 Å². The van der Waals surface area contributed by atoms with Crippen LogP contribution in [0, 0.1) is 0 Å². The fourth-order valence-corrected chi connectivity index (χ4v) is 1.22. The van der Waals surface area contributed by atoms with E-state index in [9.17, 15) is 4.79 Å². The van der Waals surface area contributed by atoms with Gasteiger partial charge < -0.3 is 5.32 Å². The topological polar surface area (TPSA) is 29.1 Å². The van der Waals surface area contributed by atoms with Crippen LogP contribution in [0.15, 0.2) is 24.3 Å². The molecule has 16 heavy (non-hydrogen) atoms. The number of amides is 1. The highest BCUT2D eigenvalue weighted by atomic mass is 16.1. The molecule has 2 nitrogen and oxygen atoms in total. The molecule has 0 saturated carbocycles. The van der Waals surface area contributed by atoms with Crippen molar-refractivity contribution in [3.63, 3.8) is 0 Å². The average molecular weight is 223 g/mol. The van der Waals surface area contributed by atoms with E-state index in [1.807, 2.05) is 19.1 Å². The van der Waals surface area contributed by atoms with E-state index in [2.05, 4.69) is 25.2 Å². The molecule has 0 aromatic heterocycles. The number of nitrogens with one attached hydrogen (secondary N) is 1. The van der Waals surface area contributed by atoms with Crippen molar-refractivity contribution in [3.05, 3.63) is 24.3 Å². The Morgan fingerprint density at radius 3 is 2.62 bits per heavy atom. The third-order valence-electron chi connectivity index (χ3n) is 2.47. The first-order valence-corrected chi connectivity index (χ1v) is 6.34. The van der Waals surface area contributed by atoms with Gasteiger partial charge in [-0.1, -0.05) is 44.9 Å². The van der Waals surface area contributed by atoms with E-state index in [-0.39, 0.29) is 11.9 Å². The second kappa shape index (κ2) is 10.5. The first-order valence-electron chi connectivity index (χ1n) is 6.34. The van der Waals surface area contributed by atoms with Gasteiger partial charge in [0.25, 0.3) is 0 Å². The normalized spacial score (nSPS) is 13.4. The van der Waals surface area contributed by atoms with Crippen LogP contribution >= 0.6 is 0 Å². The van der Waals surface area contributed by atoms with Gasteiger partial charge in [-0.3, -0.25) is 4.79 Å². The summed E-state index contributed by atoms with van der Waals surface area (Å²) in [6.45, 7) is 6.26. The van der Waals surface area contributed by atoms with E-state index in [4.69, 9.17) is 0 Å². The van der Waals surface area contributed by atoms with E-state index < -0.39 is 0 Å². The Morgan fingerprint density at radius 2 is 2.00 bits per heavy atom. The molecule has 0 aromatic rings. The molecule has 0 aliphatic carbocycles. The third kappa shape index (κ3) is 9.50. The second-order valence-corrected chi connectivity index (χ2v) is 4.10. The predicted molar refractivity (Wildman–Crippen MR) is 70.3 cm³/mol. The minimum absolute atomic E-state index is 0.00689. The van der Waals surface area contributed by atoms with E-state index in [0.717, 1.165) is 12.8 Å². The van der Waals surface area contributed by atoms with Gasteiger partial charge in [-0.05, 0) is 26.2 Å². The molecule has 1 amide bonds. The SMILES string of the molecule is CCCCCC=CC=CC(=O)NC(C)CC.